The minimum absolute atomic E-state index is 0.448. The molecule has 0 bridgehead atoms. The fraction of sp³-hybridized carbons (Fsp3) is 0.545. The average molecular weight is 395 g/mol. The SMILES string of the molecule is Cn1c(CN2CCOCC2)nnc1[C@H]1CCCN(Cc2cc3ccccc3[nH]2)C1. The topological polar surface area (TPSA) is 62.2 Å². The van der Waals surface area contributed by atoms with Crippen LogP contribution in [0.1, 0.15) is 36.1 Å². The molecule has 3 aromatic rings. The van der Waals surface area contributed by atoms with E-state index in [1.807, 2.05) is 0 Å². The number of aromatic amines is 1. The summed E-state index contributed by atoms with van der Waals surface area (Å²) in [5, 5.41) is 10.4. The van der Waals surface area contributed by atoms with Gasteiger partial charge in [-0.1, -0.05) is 18.2 Å². The zero-order valence-electron chi connectivity index (χ0n) is 17.2. The molecule has 4 heterocycles. The standard InChI is InChI=1S/C22H30N6O/c1-26-21(16-27-9-11-29-12-10-27)24-25-22(26)18-6-4-8-28(14-18)15-19-13-17-5-2-3-7-20(17)23-19/h2-3,5,7,13,18,23H,4,6,8-12,14-16H2,1H3/t18-/m0/s1. The third-order valence-electron chi connectivity index (χ3n) is 6.32. The van der Waals surface area contributed by atoms with Crippen molar-refractivity contribution in [3.63, 3.8) is 0 Å². The number of fused-ring (bicyclic) bond motifs is 1. The van der Waals surface area contributed by atoms with E-state index in [1.165, 1.54) is 29.4 Å². The molecule has 0 unspecified atom stereocenters. The number of piperidine rings is 1. The molecule has 0 radical (unpaired) electrons. The van der Waals surface area contributed by atoms with Crippen LogP contribution in [-0.4, -0.2) is 68.9 Å². The van der Waals surface area contributed by atoms with E-state index in [0.29, 0.717) is 5.92 Å². The number of morpholine rings is 1. The van der Waals surface area contributed by atoms with Gasteiger partial charge >= 0.3 is 0 Å². The third-order valence-corrected chi connectivity index (χ3v) is 6.32. The monoisotopic (exact) mass is 394 g/mol. The second-order valence-corrected chi connectivity index (χ2v) is 8.38. The predicted octanol–water partition coefficient (Wildman–Crippen LogP) is 2.51. The van der Waals surface area contributed by atoms with Gasteiger partial charge in [0.2, 0.25) is 0 Å². The molecule has 2 aliphatic rings. The van der Waals surface area contributed by atoms with Crippen LogP contribution in [0.5, 0.6) is 0 Å². The number of para-hydroxylation sites is 1. The first-order valence-electron chi connectivity index (χ1n) is 10.7. The molecule has 154 valence electrons. The second kappa shape index (κ2) is 8.26. The molecule has 7 nitrogen and oxygen atoms in total. The Morgan fingerprint density at radius 3 is 2.79 bits per heavy atom. The molecule has 1 aromatic carbocycles. The molecule has 2 aliphatic heterocycles. The molecule has 29 heavy (non-hydrogen) atoms. The van der Waals surface area contributed by atoms with Gasteiger partial charge in [0.15, 0.2) is 0 Å². The Kier molecular flexibility index (Phi) is 5.35. The molecular formula is C22H30N6O. The molecule has 2 saturated heterocycles. The molecule has 1 N–H and O–H groups in total. The van der Waals surface area contributed by atoms with Crippen LogP contribution in [0.3, 0.4) is 0 Å². The number of nitrogens with one attached hydrogen (secondary N) is 1. The highest BCUT2D eigenvalue weighted by Crippen LogP contribution is 2.27. The molecule has 7 heteroatoms. The van der Waals surface area contributed by atoms with Crippen LogP contribution in [0.25, 0.3) is 10.9 Å². The van der Waals surface area contributed by atoms with Crippen molar-refractivity contribution in [1.29, 1.82) is 0 Å². The maximum Gasteiger partial charge on any atom is 0.146 e. The average Bonchev–Trinajstić information content (AvgIpc) is 3.32. The number of H-pyrrole nitrogens is 1. The van der Waals surface area contributed by atoms with E-state index >= 15 is 0 Å². The Labute approximate surface area is 171 Å². The fourth-order valence-corrected chi connectivity index (χ4v) is 4.70. The molecule has 0 saturated carbocycles. The summed E-state index contributed by atoms with van der Waals surface area (Å²) in [6, 6.07) is 10.8. The van der Waals surface area contributed by atoms with Crippen molar-refractivity contribution in [2.24, 2.45) is 7.05 Å². The van der Waals surface area contributed by atoms with Crippen molar-refractivity contribution in [2.45, 2.75) is 31.8 Å². The summed E-state index contributed by atoms with van der Waals surface area (Å²) >= 11 is 0. The van der Waals surface area contributed by atoms with E-state index in [1.54, 1.807) is 0 Å². The van der Waals surface area contributed by atoms with E-state index < -0.39 is 0 Å². The van der Waals surface area contributed by atoms with Crippen LogP contribution in [0.4, 0.5) is 0 Å². The summed E-state index contributed by atoms with van der Waals surface area (Å²) in [4.78, 5) is 8.52. The first-order chi connectivity index (χ1) is 14.3. The molecule has 0 aliphatic carbocycles. The minimum Gasteiger partial charge on any atom is -0.379 e. The smallest absolute Gasteiger partial charge is 0.146 e. The summed E-state index contributed by atoms with van der Waals surface area (Å²) in [5.41, 5.74) is 2.51. The van der Waals surface area contributed by atoms with Gasteiger partial charge in [0.05, 0.1) is 19.8 Å². The van der Waals surface area contributed by atoms with Gasteiger partial charge in [0, 0.05) is 50.4 Å². The summed E-state index contributed by atoms with van der Waals surface area (Å²) in [5.74, 6) is 2.65. The molecular weight excluding hydrogens is 364 g/mol. The molecule has 5 rings (SSSR count). The maximum atomic E-state index is 5.46. The van der Waals surface area contributed by atoms with Gasteiger partial charge in [0.1, 0.15) is 11.6 Å². The van der Waals surface area contributed by atoms with E-state index in [0.717, 1.165) is 64.1 Å². The second-order valence-electron chi connectivity index (χ2n) is 8.38. The molecule has 0 spiro atoms. The van der Waals surface area contributed by atoms with Crippen molar-refractivity contribution < 1.29 is 4.74 Å². The Bertz CT molecular complexity index is 924. The van der Waals surface area contributed by atoms with E-state index in [9.17, 15) is 0 Å². The van der Waals surface area contributed by atoms with Gasteiger partial charge in [-0.3, -0.25) is 9.80 Å². The van der Waals surface area contributed by atoms with Crippen LogP contribution in [0, 0.1) is 0 Å². The Balaban J connectivity index is 1.25. The molecule has 0 amide bonds. The molecule has 2 aromatic heterocycles. The van der Waals surface area contributed by atoms with Crippen molar-refractivity contribution >= 4 is 10.9 Å². The summed E-state index contributed by atoms with van der Waals surface area (Å²) in [7, 11) is 2.13. The number of hydrogen-bond donors (Lipinski definition) is 1. The Morgan fingerprint density at radius 2 is 1.93 bits per heavy atom. The van der Waals surface area contributed by atoms with Crippen LogP contribution in [0.15, 0.2) is 30.3 Å². The summed E-state index contributed by atoms with van der Waals surface area (Å²) in [6.07, 6.45) is 2.39. The van der Waals surface area contributed by atoms with E-state index in [4.69, 9.17) is 4.74 Å². The van der Waals surface area contributed by atoms with Crippen molar-refractivity contribution in [3.05, 3.63) is 47.7 Å². The number of nitrogens with zero attached hydrogens (tertiary/aromatic N) is 5. The van der Waals surface area contributed by atoms with Gasteiger partial charge in [-0.2, -0.15) is 0 Å². The number of benzene rings is 1. The van der Waals surface area contributed by atoms with Crippen LogP contribution in [0.2, 0.25) is 0 Å². The van der Waals surface area contributed by atoms with Crippen LogP contribution < -0.4 is 0 Å². The van der Waals surface area contributed by atoms with Gasteiger partial charge < -0.3 is 14.3 Å². The van der Waals surface area contributed by atoms with Crippen LogP contribution >= 0.6 is 0 Å². The number of hydrogen-bond acceptors (Lipinski definition) is 5. The zero-order valence-corrected chi connectivity index (χ0v) is 17.2. The summed E-state index contributed by atoms with van der Waals surface area (Å²) < 4.78 is 7.68. The third kappa shape index (κ3) is 4.08. The lowest BCUT2D eigenvalue weighted by molar-refractivity contribution is 0.0326. The van der Waals surface area contributed by atoms with Gasteiger partial charge in [-0.15, -0.1) is 10.2 Å². The summed E-state index contributed by atoms with van der Waals surface area (Å²) in [6.45, 7) is 7.59. The molecule has 2 fully saturated rings. The minimum atomic E-state index is 0.448. The van der Waals surface area contributed by atoms with Gasteiger partial charge in [-0.25, -0.2) is 0 Å². The zero-order chi connectivity index (χ0) is 19.6. The van der Waals surface area contributed by atoms with E-state index in [2.05, 4.69) is 66.9 Å². The predicted molar refractivity (Wildman–Crippen MR) is 113 cm³/mol. The Morgan fingerprint density at radius 1 is 1.07 bits per heavy atom. The quantitative estimate of drug-likeness (QED) is 0.720. The molecule has 1 atom stereocenters. The van der Waals surface area contributed by atoms with Crippen LogP contribution in [-0.2, 0) is 24.9 Å². The lowest BCUT2D eigenvalue weighted by atomic mass is 9.97. The fourth-order valence-electron chi connectivity index (χ4n) is 4.70. The van der Waals surface area contributed by atoms with Crippen molar-refractivity contribution in [1.82, 2.24) is 29.5 Å². The normalized spacial score (nSPS) is 21.8. The first kappa shape index (κ1) is 18.8. The highest BCUT2D eigenvalue weighted by atomic mass is 16.5. The lowest BCUT2D eigenvalue weighted by Gasteiger charge is -2.32. The lowest BCUT2D eigenvalue weighted by Crippen LogP contribution is -2.36. The van der Waals surface area contributed by atoms with Gasteiger partial charge in [-0.05, 0) is 36.9 Å². The number of rotatable bonds is 5. The number of aromatic nitrogens is 4. The van der Waals surface area contributed by atoms with E-state index in [-0.39, 0.29) is 0 Å². The number of likely N-dealkylation sites (tertiary alicyclic amines) is 1. The van der Waals surface area contributed by atoms with Gasteiger partial charge in [0.25, 0.3) is 0 Å². The largest absolute Gasteiger partial charge is 0.379 e. The highest BCUT2D eigenvalue weighted by Gasteiger charge is 2.26. The van der Waals surface area contributed by atoms with Crippen molar-refractivity contribution in [2.75, 3.05) is 39.4 Å². The Hall–Kier alpha value is -2.22. The number of ether oxygens (including phenoxy) is 1. The van der Waals surface area contributed by atoms with Crippen molar-refractivity contribution in [3.8, 4) is 0 Å². The first-order valence-corrected chi connectivity index (χ1v) is 10.7. The maximum absolute atomic E-state index is 5.46. The highest BCUT2D eigenvalue weighted by molar-refractivity contribution is 5.80.